The molecule has 2 aliphatic rings. The van der Waals surface area contributed by atoms with Crippen LogP contribution in [0.3, 0.4) is 0 Å². The van der Waals surface area contributed by atoms with Crippen LogP contribution >= 0.6 is 0 Å². The highest BCUT2D eigenvalue weighted by molar-refractivity contribution is 4.93. The number of likely N-dealkylation sites (tertiary alicyclic amines) is 1. The third-order valence-corrected chi connectivity index (χ3v) is 5.25. The van der Waals surface area contributed by atoms with Crippen LogP contribution in [-0.2, 0) is 0 Å². The van der Waals surface area contributed by atoms with Gasteiger partial charge in [0.15, 0.2) is 0 Å². The minimum absolute atomic E-state index is 0.541. The van der Waals surface area contributed by atoms with Crippen molar-refractivity contribution in [2.45, 2.75) is 59.8 Å². The van der Waals surface area contributed by atoms with E-state index in [0.717, 1.165) is 12.5 Å². The molecule has 0 aromatic heterocycles. The summed E-state index contributed by atoms with van der Waals surface area (Å²) in [6.07, 6.45) is 7.11. The standard InChI is InChI=1S/C17H34N2/c1-5-18-12-17(8-6-7-15(2)11-17)14-19-10-9-16(3,4)13-19/h15,18H,5-14H2,1-4H3. The second-order valence-electron chi connectivity index (χ2n) is 8.11. The van der Waals surface area contributed by atoms with Crippen molar-refractivity contribution in [3.63, 3.8) is 0 Å². The van der Waals surface area contributed by atoms with Gasteiger partial charge in [-0.25, -0.2) is 0 Å². The number of nitrogens with one attached hydrogen (secondary N) is 1. The van der Waals surface area contributed by atoms with E-state index < -0.39 is 0 Å². The maximum Gasteiger partial charge on any atom is 0.00505 e. The van der Waals surface area contributed by atoms with Gasteiger partial charge in [-0.1, -0.05) is 40.5 Å². The molecule has 1 aliphatic heterocycles. The van der Waals surface area contributed by atoms with E-state index >= 15 is 0 Å². The molecule has 1 N–H and O–H groups in total. The molecule has 1 saturated heterocycles. The van der Waals surface area contributed by atoms with Gasteiger partial charge >= 0.3 is 0 Å². The molecule has 0 amide bonds. The average Bonchev–Trinajstić information content (AvgIpc) is 2.66. The number of rotatable bonds is 5. The second-order valence-corrected chi connectivity index (χ2v) is 8.11. The Morgan fingerprint density at radius 1 is 1.26 bits per heavy atom. The molecule has 0 bridgehead atoms. The second kappa shape index (κ2) is 6.13. The largest absolute Gasteiger partial charge is 0.316 e. The van der Waals surface area contributed by atoms with E-state index in [-0.39, 0.29) is 0 Å². The van der Waals surface area contributed by atoms with E-state index in [1.807, 2.05) is 0 Å². The summed E-state index contributed by atoms with van der Waals surface area (Å²) >= 11 is 0. The Kier molecular flexibility index (Phi) is 4.94. The molecule has 2 fully saturated rings. The molecule has 0 aromatic carbocycles. The van der Waals surface area contributed by atoms with E-state index in [4.69, 9.17) is 0 Å². The minimum atomic E-state index is 0.541. The SMILES string of the molecule is CCNCC1(CN2CCC(C)(C)C2)CCCC(C)C1. The quantitative estimate of drug-likeness (QED) is 0.819. The van der Waals surface area contributed by atoms with Gasteiger partial charge in [-0.2, -0.15) is 0 Å². The molecule has 1 aliphatic carbocycles. The van der Waals surface area contributed by atoms with Gasteiger partial charge < -0.3 is 10.2 Å². The van der Waals surface area contributed by atoms with Gasteiger partial charge in [0.1, 0.15) is 0 Å². The van der Waals surface area contributed by atoms with Crippen LogP contribution in [0.25, 0.3) is 0 Å². The van der Waals surface area contributed by atoms with Crippen LogP contribution in [0.15, 0.2) is 0 Å². The molecular formula is C17H34N2. The van der Waals surface area contributed by atoms with Crippen LogP contribution in [0.1, 0.15) is 59.8 Å². The fraction of sp³-hybridized carbons (Fsp3) is 1.00. The highest BCUT2D eigenvalue weighted by atomic mass is 15.2. The molecule has 0 radical (unpaired) electrons. The Labute approximate surface area is 120 Å². The van der Waals surface area contributed by atoms with Gasteiger partial charge in [0.25, 0.3) is 0 Å². The van der Waals surface area contributed by atoms with Crippen LogP contribution in [0.4, 0.5) is 0 Å². The summed E-state index contributed by atoms with van der Waals surface area (Å²) in [5.41, 5.74) is 1.09. The van der Waals surface area contributed by atoms with Crippen LogP contribution in [0.2, 0.25) is 0 Å². The van der Waals surface area contributed by atoms with Crippen molar-refractivity contribution >= 4 is 0 Å². The normalized spacial score (nSPS) is 35.7. The minimum Gasteiger partial charge on any atom is -0.316 e. The van der Waals surface area contributed by atoms with E-state index in [0.29, 0.717) is 10.8 Å². The Morgan fingerprint density at radius 2 is 2.05 bits per heavy atom. The van der Waals surface area contributed by atoms with Crippen molar-refractivity contribution in [2.75, 3.05) is 32.7 Å². The molecule has 0 aromatic rings. The summed E-state index contributed by atoms with van der Waals surface area (Å²) in [7, 11) is 0. The molecule has 1 heterocycles. The van der Waals surface area contributed by atoms with Gasteiger partial charge in [-0.05, 0) is 49.1 Å². The summed E-state index contributed by atoms with van der Waals surface area (Å²) in [6, 6.07) is 0. The monoisotopic (exact) mass is 266 g/mol. The zero-order valence-electron chi connectivity index (χ0n) is 13.6. The van der Waals surface area contributed by atoms with Crippen LogP contribution < -0.4 is 5.32 Å². The van der Waals surface area contributed by atoms with Gasteiger partial charge in [-0.15, -0.1) is 0 Å². The predicted octanol–water partition coefficient (Wildman–Crippen LogP) is 3.52. The van der Waals surface area contributed by atoms with Crippen molar-refractivity contribution in [2.24, 2.45) is 16.7 Å². The molecule has 2 nitrogen and oxygen atoms in total. The molecule has 1 saturated carbocycles. The first-order chi connectivity index (χ1) is 8.95. The number of nitrogens with zero attached hydrogens (tertiary/aromatic N) is 1. The first-order valence-corrected chi connectivity index (χ1v) is 8.38. The lowest BCUT2D eigenvalue weighted by Gasteiger charge is -2.43. The van der Waals surface area contributed by atoms with E-state index in [1.54, 1.807) is 0 Å². The fourth-order valence-corrected chi connectivity index (χ4v) is 4.35. The third-order valence-electron chi connectivity index (χ3n) is 5.25. The van der Waals surface area contributed by atoms with E-state index in [9.17, 15) is 0 Å². The van der Waals surface area contributed by atoms with Gasteiger partial charge in [-0.3, -0.25) is 0 Å². The molecule has 2 rings (SSSR count). The highest BCUT2D eigenvalue weighted by Crippen LogP contribution is 2.41. The number of hydrogen-bond donors (Lipinski definition) is 1. The first kappa shape index (κ1) is 15.3. The van der Waals surface area contributed by atoms with Crippen molar-refractivity contribution in [3.05, 3.63) is 0 Å². The average molecular weight is 266 g/mol. The topological polar surface area (TPSA) is 15.3 Å². The lowest BCUT2D eigenvalue weighted by molar-refractivity contribution is 0.0873. The van der Waals surface area contributed by atoms with Gasteiger partial charge in [0.2, 0.25) is 0 Å². The zero-order valence-corrected chi connectivity index (χ0v) is 13.6. The van der Waals surface area contributed by atoms with Gasteiger partial charge in [0.05, 0.1) is 0 Å². The predicted molar refractivity (Wildman–Crippen MR) is 83.4 cm³/mol. The summed E-state index contributed by atoms with van der Waals surface area (Å²) in [4.78, 5) is 2.75. The summed E-state index contributed by atoms with van der Waals surface area (Å²) in [5.74, 6) is 0.919. The van der Waals surface area contributed by atoms with Crippen LogP contribution in [0, 0.1) is 16.7 Å². The summed E-state index contributed by atoms with van der Waals surface area (Å²) in [5, 5.41) is 3.65. The Morgan fingerprint density at radius 3 is 2.63 bits per heavy atom. The molecule has 2 heteroatoms. The highest BCUT2D eigenvalue weighted by Gasteiger charge is 2.39. The smallest absolute Gasteiger partial charge is 0.00505 e. The lowest BCUT2D eigenvalue weighted by atomic mass is 9.69. The molecule has 0 spiro atoms. The van der Waals surface area contributed by atoms with Crippen LogP contribution in [-0.4, -0.2) is 37.6 Å². The third kappa shape index (κ3) is 4.19. The first-order valence-electron chi connectivity index (χ1n) is 8.38. The maximum absolute atomic E-state index is 3.65. The van der Waals surface area contributed by atoms with Crippen LogP contribution in [0.5, 0.6) is 0 Å². The fourth-order valence-electron chi connectivity index (χ4n) is 4.35. The summed E-state index contributed by atoms with van der Waals surface area (Å²) < 4.78 is 0. The molecule has 2 unspecified atom stereocenters. The van der Waals surface area contributed by atoms with Crippen molar-refractivity contribution in [1.82, 2.24) is 10.2 Å². The molecule has 2 atom stereocenters. The Balaban J connectivity index is 1.97. The van der Waals surface area contributed by atoms with E-state index in [1.165, 1.54) is 58.3 Å². The molecule has 19 heavy (non-hydrogen) atoms. The van der Waals surface area contributed by atoms with Gasteiger partial charge in [0, 0.05) is 19.6 Å². The Hall–Kier alpha value is -0.0800. The van der Waals surface area contributed by atoms with E-state index in [2.05, 4.69) is 37.9 Å². The van der Waals surface area contributed by atoms with Crippen molar-refractivity contribution < 1.29 is 0 Å². The molecular weight excluding hydrogens is 232 g/mol. The molecule has 112 valence electrons. The van der Waals surface area contributed by atoms with Crippen molar-refractivity contribution in [1.29, 1.82) is 0 Å². The van der Waals surface area contributed by atoms with Crippen molar-refractivity contribution in [3.8, 4) is 0 Å². The zero-order chi connectivity index (χ0) is 13.9. The maximum atomic E-state index is 3.65. The lowest BCUT2D eigenvalue weighted by Crippen LogP contribution is -2.46. The summed E-state index contributed by atoms with van der Waals surface area (Å²) in [6.45, 7) is 15.8. The Bertz CT molecular complexity index is 287. The number of hydrogen-bond acceptors (Lipinski definition) is 2.